The van der Waals surface area contributed by atoms with Crippen molar-refractivity contribution in [3.63, 3.8) is 0 Å². The molecule has 2 N–H and O–H groups in total. The molecule has 1 aromatic rings. The molecule has 1 fully saturated rings. The standard InChI is InChI=1S/C18H26N2O2/c1-13(2)12-19-17(21)14-8-10-15(11-9-14)18(22)20-16-6-4-3-5-7-16/h3-7,13-15H,8-12H2,1-2H3,(H,19,21)(H,20,22). The average Bonchev–Trinajstić information content (AvgIpc) is 2.53. The predicted octanol–water partition coefficient (Wildman–Crippen LogP) is 3.20. The second kappa shape index (κ2) is 7.97. The van der Waals surface area contributed by atoms with Crippen molar-refractivity contribution in [2.75, 3.05) is 11.9 Å². The van der Waals surface area contributed by atoms with E-state index in [0.29, 0.717) is 5.92 Å². The molecule has 22 heavy (non-hydrogen) atoms. The van der Waals surface area contributed by atoms with Crippen molar-refractivity contribution < 1.29 is 9.59 Å². The number of rotatable bonds is 5. The molecule has 4 heteroatoms. The van der Waals surface area contributed by atoms with E-state index in [-0.39, 0.29) is 23.7 Å². The fraction of sp³-hybridized carbons (Fsp3) is 0.556. The normalized spacial score (nSPS) is 21.4. The first-order chi connectivity index (χ1) is 10.6. The van der Waals surface area contributed by atoms with E-state index in [1.807, 2.05) is 30.3 Å². The number of carbonyl (C=O) groups is 2. The molecule has 1 aliphatic rings. The number of benzene rings is 1. The zero-order valence-corrected chi connectivity index (χ0v) is 13.5. The number of para-hydroxylation sites is 1. The maximum absolute atomic E-state index is 12.2. The summed E-state index contributed by atoms with van der Waals surface area (Å²) in [4.78, 5) is 24.3. The Balaban J connectivity index is 1.77. The van der Waals surface area contributed by atoms with Gasteiger partial charge in [0.25, 0.3) is 0 Å². The monoisotopic (exact) mass is 302 g/mol. The van der Waals surface area contributed by atoms with E-state index in [9.17, 15) is 9.59 Å². The highest BCUT2D eigenvalue weighted by atomic mass is 16.2. The third-order valence-corrected chi connectivity index (χ3v) is 4.19. The molecule has 0 bridgehead atoms. The zero-order valence-electron chi connectivity index (χ0n) is 13.5. The Labute approximate surface area is 132 Å². The first-order valence-corrected chi connectivity index (χ1v) is 8.20. The van der Waals surface area contributed by atoms with Gasteiger partial charge in [-0.3, -0.25) is 9.59 Å². The van der Waals surface area contributed by atoms with Crippen LogP contribution in [-0.4, -0.2) is 18.4 Å². The van der Waals surface area contributed by atoms with Gasteiger partial charge < -0.3 is 10.6 Å². The molecule has 0 spiro atoms. The van der Waals surface area contributed by atoms with Crippen LogP contribution in [0, 0.1) is 17.8 Å². The number of hydrogen-bond acceptors (Lipinski definition) is 2. The number of carbonyl (C=O) groups excluding carboxylic acids is 2. The van der Waals surface area contributed by atoms with E-state index in [1.165, 1.54) is 0 Å². The van der Waals surface area contributed by atoms with Gasteiger partial charge in [0, 0.05) is 24.1 Å². The van der Waals surface area contributed by atoms with Crippen molar-refractivity contribution in [2.45, 2.75) is 39.5 Å². The first-order valence-electron chi connectivity index (χ1n) is 8.20. The number of anilines is 1. The molecule has 0 unspecified atom stereocenters. The fourth-order valence-corrected chi connectivity index (χ4v) is 2.83. The summed E-state index contributed by atoms with van der Waals surface area (Å²) in [7, 11) is 0. The number of amides is 2. The van der Waals surface area contributed by atoms with E-state index in [1.54, 1.807) is 0 Å². The minimum Gasteiger partial charge on any atom is -0.356 e. The van der Waals surface area contributed by atoms with Gasteiger partial charge in [0.05, 0.1) is 0 Å². The Morgan fingerprint density at radius 2 is 1.55 bits per heavy atom. The van der Waals surface area contributed by atoms with Crippen LogP contribution in [0.3, 0.4) is 0 Å². The minimum absolute atomic E-state index is 0.0226. The highest BCUT2D eigenvalue weighted by molar-refractivity contribution is 5.92. The summed E-state index contributed by atoms with van der Waals surface area (Å²) in [6.45, 7) is 4.91. The second-order valence-electron chi connectivity index (χ2n) is 6.54. The summed E-state index contributed by atoms with van der Waals surface area (Å²) in [6, 6.07) is 9.53. The lowest BCUT2D eigenvalue weighted by atomic mass is 9.81. The van der Waals surface area contributed by atoms with Crippen molar-refractivity contribution in [1.82, 2.24) is 5.32 Å². The van der Waals surface area contributed by atoms with Crippen LogP contribution in [0.5, 0.6) is 0 Å². The number of nitrogens with one attached hydrogen (secondary N) is 2. The molecule has 120 valence electrons. The summed E-state index contributed by atoms with van der Waals surface area (Å²) in [5.41, 5.74) is 0.837. The molecule has 0 radical (unpaired) electrons. The Morgan fingerprint density at radius 3 is 2.09 bits per heavy atom. The Bertz CT molecular complexity index is 491. The molecular formula is C18H26N2O2. The topological polar surface area (TPSA) is 58.2 Å². The highest BCUT2D eigenvalue weighted by Gasteiger charge is 2.29. The SMILES string of the molecule is CC(C)CNC(=O)C1CCC(C(=O)Nc2ccccc2)CC1. The molecule has 4 nitrogen and oxygen atoms in total. The van der Waals surface area contributed by atoms with Gasteiger partial charge in [0.1, 0.15) is 0 Å². The van der Waals surface area contributed by atoms with Crippen LogP contribution in [-0.2, 0) is 9.59 Å². The molecule has 0 aliphatic heterocycles. The molecule has 2 amide bonds. The van der Waals surface area contributed by atoms with Crippen molar-refractivity contribution >= 4 is 17.5 Å². The zero-order chi connectivity index (χ0) is 15.9. The molecule has 1 aliphatic carbocycles. The predicted molar refractivity (Wildman–Crippen MR) is 88.4 cm³/mol. The summed E-state index contributed by atoms with van der Waals surface area (Å²) in [6.07, 6.45) is 3.18. The van der Waals surface area contributed by atoms with Crippen molar-refractivity contribution in [1.29, 1.82) is 0 Å². The van der Waals surface area contributed by atoms with Gasteiger partial charge in [-0.25, -0.2) is 0 Å². The molecule has 0 heterocycles. The van der Waals surface area contributed by atoms with Crippen LogP contribution >= 0.6 is 0 Å². The fourth-order valence-electron chi connectivity index (χ4n) is 2.83. The maximum atomic E-state index is 12.2. The van der Waals surface area contributed by atoms with E-state index >= 15 is 0 Å². The minimum atomic E-state index is 0.0226. The van der Waals surface area contributed by atoms with Gasteiger partial charge in [0.15, 0.2) is 0 Å². The van der Waals surface area contributed by atoms with Gasteiger partial charge in [0.2, 0.25) is 11.8 Å². The van der Waals surface area contributed by atoms with Crippen LogP contribution < -0.4 is 10.6 Å². The largest absolute Gasteiger partial charge is 0.356 e. The Kier molecular flexibility index (Phi) is 5.99. The Morgan fingerprint density at radius 1 is 1.00 bits per heavy atom. The van der Waals surface area contributed by atoms with Crippen molar-refractivity contribution in [2.24, 2.45) is 17.8 Å². The van der Waals surface area contributed by atoms with Crippen molar-refractivity contribution in [3.05, 3.63) is 30.3 Å². The van der Waals surface area contributed by atoms with Crippen molar-refractivity contribution in [3.8, 4) is 0 Å². The summed E-state index contributed by atoms with van der Waals surface area (Å²) in [5, 5.41) is 5.95. The lowest BCUT2D eigenvalue weighted by Gasteiger charge is -2.27. The van der Waals surface area contributed by atoms with E-state index in [0.717, 1.165) is 37.9 Å². The molecule has 0 atom stereocenters. The third kappa shape index (κ3) is 4.86. The summed E-state index contributed by atoms with van der Waals surface area (Å²) in [5.74, 6) is 0.786. The molecule has 2 rings (SSSR count). The average molecular weight is 302 g/mol. The van der Waals surface area contributed by atoms with Gasteiger partial charge >= 0.3 is 0 Å². The van der Waals surface area contributed by atoms with Gasteiger partial charge in [-0.15, -0.1) is 0 Å². The van der Waals surface area contributed by atoms with E-state index in [2.05, 4.69) is 24.5 Å². The van der Waals surface area contributed by atoms with Crippen LogP contribution in [0.15, 0.2) is 30.3 Å². The van der Waals surface area contributed by atoms with Crippen LogP contribution in [0.2, 0.25) is 0 Å². The number of hydrogen-bond donors (Lipinski definition) is 2. The van der Waals surface area contributed by atoms with Crippen LogP contribution in [0.25, 0.3) is 0 Å². The van der Waals surface area contributed by atoms with E-state index in [4.69, 9.17) is 0 Å². The molecular weight excluding hydrogens is 276 g/mol. The Hall–Kier alpha value is -1.84. The molecule has 0 aromatic heterocycles. The molecule has 0 saturated heterocycles. The summed E-state index contributed by atoms with van der Waals surface area (Å²) >= 11 is 0. The van der Waals surface area contributed by atoms with E-state index < -0.39 is 0 Å². The van der Waals surface area contributed by atoms with Gasteiger partial charge in [-0.1, -0.05) is 32.0 Å². The summed E-state index contributed by atoms with van der Waals surface area (Å²) < 4.78 is 0. The smallest absolute Gasteiger partial charge is 0.227 e. The van der Waals surface area contributed by atoms with Gasteiger partial charge in [-0.2, -0.15) is 0 Å². The van der Waals surface area contributed by atoms with Crippen LogP contribution in [0.1, 0.15) is 39.5 Å². The lowest BCUT2D eigenvalue weighted by molar-refractivity contribution is -0.128. The third-order valence-electron chi connectivity index (χ3n) is 4.19. The first kappa shape index (κ1) is 16.5. The highest BCUT2D eigenvalue weighted by Crippen LogP contribution is 2.29. The molecule has 1 aromatic carbocycles. The second-order valence-corrected chi connectivity index (χ2v) is 6.54. The molecule has 1 saturated carbocycles. The maximum Gasteiger partial charge on any atom is 0.227 e. The van der Waals surface area contributed by atoms with Gasteiger partial charge in [-0.05, 0) is 43.7 Å². The lowest BCUT2D eigenvalue weighted by Crippen LogP contribution is -2.36. The quantitative estimate of drug-likeness (QED) is 0.877. The van der Waals surface area contributed by atoms with Crippen LogP contribution in [0.4, 0.5) is 5.69 Å².